The number of benzene rings is 1. The minimum Gasteiger partial charge on any atom is -0.367 e. The first kappa shape index (κ1) is 17.4. The molecule has 1 heterocycles. The van der Waals surface area contributed by atoms with E-state index in [1.54, 1.807) is 15.9 Å². The van der Waals surface area contributed by atoms with Gasteiger partial charge in [-0.05, 0) is 32.9 Å². The van der Waals surface area contributed by atoms with Crippen LogP contribution in [-0.4, -0.2) is 42.6 Å². The van der Waals surface area contributed by atoms with Crippen LogP contribution < -0.4 is 10.2 Å². The van der Waals surface area contributed by atoms with E-state index < -0.39 is 11.7 Å². The van der Waals surface area contributed by atoms with Crippen molar-refractivity contribution in [1.29, 1.82) is 0 Å². The lowest BCUT2D eigenvalue weighted by molar-refractivity contribution is -0.137. The smallest absolute Gasteiger partial charge is 0.367 e. The predicted octanol–water partition coefficient (Wildman–Crippen LogP) is 3.34. The van der Waals surface area contributed by atoms with Gasteiger partial charge in [-0.2, -0.15) is 13.2 Å². The minimum absolute atomic E-state index is 0.177. The second-order valence-electron chi connectivity index (χ2n) is 6.67. The molecule has 1 aliphatic rings. The Morgan fingerprint density at radius 2 is 1.61 bits per heavy atom. The van der Waals surface area contributed by atoms with Crippen LogP contribution >= 0.6 is 0 Å². The Kier molecular flexibility index (Phi) is 4.77. The summed E-state index contributed by atoms with van der Waals surface area (Å²) >= 11 is 0. The molecule has 1 aromatic rings. The Morgan fingerprint density at radius 3 is 2.13 bits per heavy atom. The van der Waals surface area contributed by atoms with Crippen molar-refractivity contribution in [1.82, 2.24) is 10.2 Å². The summed E-state index contributed by atoms with van der Waals surface area (Å²) in [6, 6.07) is 5.38. The molecule has 0 aliphatic carbocycles. The summed E-state index contributed by atoms with van der Waals surface area (Å²) in [5.41, 5.74) is -0.791. The lowest BCUT2D eigenvalue weighted by Gasteiger charge is -2.38. The first-order valence-corrected chi connectivity index (χ1v) is 7.56. The van der Waals surface area contributed by atoms with Crippen LogP contribution in [0.2, 0.25) is 0 Å². The molecule has 0 unspecified atom stereocenters. The third kappa shape index (κ3) is 4.53. The maximum Gasteiger partial charge on any atom is 0.418 e. The summed E-state index contributed by atoms with van der Waals surface area (Å²) in [5, 5.41) is 2.87. The third-order valence-electron chi connectivity index (χ3n) is 3.60. The molecule has 0 bridgehead atoms. The highest BCUT2D eigenvalue weighted by molar-refractivity contribution is 5.75. The molecule has 1 saturated heterocycles. The van der Waals surface area contributed by atoms with Crippen molar-refractivity contribution < 1.29 is 18.0 Å². The zero-order chi connectivity index (χ0) is 17.3. The third-order valence-corrected chi connectivity index (χ3v) is 3.60. The van der Waals surface area contributed by atoms with Gasteiger partial charge in [0.15, 0.2) is 0 Å². The van der Waals surface area contributed by atoms with Gasteiger partial charge < -0.3 is 15.1 Å². The molecule has 1 aromatic carbocycles. The van der Waals surface area contributed by atoms with E-state index in [1.165, 1.54) is 12.1 Å². The second kappa shape index (κ2) is 6.29. The van der Waals surface area contributed by atoms with E-state index in [0.29, 0.717) is 26.2 Å². The van der Waals surface area contributed by atoms with Crippen LogP contribution in [0.4, 0.5) is 23.7 Å². The number of rotatable bonds is 1. The van der Waals surface area contributed by atoms with E-state index >= 15 is 0 Å². The maximum absolute atomic E-state index is 13.1. The average molecular weight is 329 g/mol. The van der Waals surface area contributed by atoms with Gasteiger partial charge >= 0.3 is 12.2 Å². The zero-order valence-electron chi connectivity index (χ0n) is 13.6. The molecule has 0 spiro atoms. The topological polar surface area (TPSA) is 35.6 Å². The molecule has 2 amide bonds. The normalized spacial score (nSPS) is 16.4. The summed E-state index contributed by atoms with van der Waals surface area (Å²) in [6.45, 7) is 7.22. The quantitative estimate of drug-likeness (QED) is 0.858. The number of anilines is 1. The second-order valence-corrected chi connectivity index (χ2v) is 6.67. The fourth-order valence-corrected chi connectivity index (χ4v) is 2.54. The van der Waals surface area contributed by atoms with E-state index in [2.05, 4.69) is 5.32 Å². The number of carbonyl (C=O) groups is 1. The number of hydrogen-bond acceptors (Lipinski definition) is 2. The van der Waals surface area contributed by atoms with Crippen molar-refractivity contribution in [3.05, 3.63) is 29.8 Å². The van der Waals surface area contributed by atoms with E-state index in [0.717, 1.165) is 6.07 Å². The molecular weight excluding hydrogens is 307 g/mol. The highest BCUT2D eigenvalue weighted by Crippen LogP contribution is 2.36. The Hall–Kier alpha value is -1.92. The molecule has 1 N–H and O–H groups in total. The number of nitrogens with one attached hydrogen (secondary N) is 1. The number of urea groups is 1. The number of hydrogen-bond donors (Lipinski definition) is 1. The predicted molar refractivity (Wildman–Crippen MR) is 83.5 cm³/mol. The van der Waals surface area contributed by atoms with Crippen LogP contribution in [0.5, 0.6) is 0 Å². The van der Waals surface area contributed by atoms with Crippen molar-refractivity contribution in [3.63, 3.8) is 0 Å². The van der Waals surface area contributed by atoms with Crippen molar-refractivity contribution in [3.8, 4) is 0 Å². The molecule has 0 aromatic heterocycles. The highest BCUT2D eigenvalue weighted by Gasteiger charge is 2.35. The van der Waals surface area contributed by atoms with Crippen molar-refractivity contribution >= 4 is 11.7 Å². The number of amides is 2. The number of alkyl halides is 3. The van der Waals surface area contributed by atoms with Gasteiger partial charge in [-0.25, -0.2) is 4.79 Å². The lowest BCUT2D eigenvalue weighted by atomic mass is 10.1. The van der Waals surface area contributed by atoms with Crippen molar-refractivity contribution in [2.75, 3.05) is 31.1 Å². The molecule has 128 valence electrons. The zero-order valence-corrected chi connectivity index (χ0v) is 13.6. The SMILES string of the molecule is CC(C)(C)NC(=O)N1CCN(c2ccccc2C(F)(F)F)CC1. The van der Waals surface area contributed by atoms with Crippen molar-refractivity contribution in [2.24, 2.45) is 0 Å². The maximum atomic E-state index is 13.1. The monoisotopic (exact) mass is 329 g/mol. The molecule has 2 rings (SSSR count). The fraction of sp³-hybridized carbons (Fsp3) is 0.562. The highest BCUT2D eigenvalue weighted by atomic mass is 19.4. The van der Waals surface area contributed by atoms with Crippen LogP contribution in [0.25, 0.3) is 0 Å². The van der Waals surface area contributed by atoms with Gasteiger partial charge in [0, 0.05) is 37.4 Å². The van der Waals surface area contributed by atoms with Crippen LogP contribution in [0.15, 0.2) is 24.3 Å². The summed E-state index contributed by atoms with van der Waals surface area (Å²) in [5.74, 6) is 0. The first-order chi connectivity index (χ1) is 10.6. The molecule has 4 nitrogen and oxygen atoms in total. The Morgan fingerprint density at radius 1 is 1.04 bits per heavy atom. The fourth-order valence-electron chi connectivity index (χ4n) is 2.54. The van der Waals surface area contributed by atoms with Crippen LogP contribution in [0.1, 0.15) is 26.3 Å². The van der Waals surface area contributed by atoms with Gasteiger partial charge in [0.1, 0.15) is 0 Å². The van der Waals surface area contributed by atoms with Gasteiger partial charge in [-0.1, -0.05) is 12.1 Å². The number of halogens is 3. The summed E-state index contributed by atoms with van der Waals surface area (Å²) in [7, 11) is 0. The molecule has 1 aliphatic heterocycles. The van der Waals surface area contributed by atoms with E-state index in [1.807, 2.05) is 20.8 Å². The van der Waals surface area contributed by atoms with E-state index in [-0.39, 0.29) is 17.3 Å². The molecule has 0 saturated carbocycles. The van der Waals surface area contributed by atoms with Gasteiger partial charge in [0.05, 0.1) is 5.56 Å². The standard InChI is InChI=1S/C16H22F3N3O/c1-15(2,3)20-14(23)22-10-8-21(9-11-22)13-7-5-4-6-12(13)16(17,18)19/h4-7H,8-11H2,1-3H3,(H,20,23). The first-order valence-electron chi connectivity index (χ1n) is 7.56. The van der Waals surface area contributed by atoms with E-state index in [4.69, 9.17) is 0 Å². The van der Waals surface area contributed by atoms with Crippen LogP contribution in [0.3, 0.4) is 0 Å². The van der Waals surface area contributed by atoms with Gasteiger partial charge in [0.25, 0.3) is 0 Å². The Balaban J connectivity index is 2.04. The average Bonchev–Trinajstić information content (AvgIpc) is 2.45. The number of nitrogens with zero attached hydrogens (tertiary/aromatic N) is 2. The molecule has 23 heavy (non-hydrogen) atoms. The number of carbonyl (C=O) groups excluding carboxylic acids is 1. The minimum atomic E-state index is -4.38. The molecule has 1 fully saturated rings. The van der Waals surface area contributed by atoms with Crippen LogP contribution in [0, 0.1) is 0 Å². The van der Waals surface area contributed by atoms with Crippen molar-refractivity contribution in [2.45, 2.75) is 32.5 Å². The molecule has 0 radical (unpaired) electrons. The summed E-state index contributed by atoms with van der Waals surface area (Å²) in [6.07, 6.45) is -4.38. The number of piperazine rings is 1. The molecule has 7 heteroatoms. The van der Waals surface area contributed by atoms with E-state index in [9.17, 15) is 18.0 Å². The lowest BCUT2D eigenvalue weighted by Crippen LogP contribution is -2.55. The van der Waals surface area contributed by atoms with Gasteiger partial charge in [0.2, 0.25) is 0 Å². The Labute approximate surface area is 134 Å². The van der Waals surface area contributed by atoms with Crippen LogP contribution in [-0.2, 0) is 6.18 Å². The number of para-hydroxylation sites is 1. The molecule has 0 atom stereocenters. The largest absolute Gasteiger partial charge is 0.418 e. The Bertz CT molecular complexity index is 558. The summed E-state index contributed by atoms with van der Waals surface area (Å²) in [4.78, 5) is 15.4. The summed E-state index contributed by atoms with van der Waals surface area (Å²) < 4.78 is 39.3. The van der Waals surface area contributed by atoms with Gasteiger partial charge in [-0.3, -0.25) is 0 Å². The van der Waals surface area contributed by atoms with Gasteiger partial charge in [-0.15, -0.1) is 0 Å². The molecular formula is C16H22F3N3O.